The van der Waals surface area contributed by atoms with Crippen LogP contribution in [0.25, 0.3) is 0 Å². The zero-order valence-corrected chi connectivity index (χ0v) is 15.9. The van der Waals surface area contributed by atoms with Crippen molar-refractivity contribution >= 4 is 29.2 Å². The summed E-state index contributed by atoms with van der Waals surface area (Å²) < 4.78 is 38.4. The van der Waals surface area contributed by atoms with E-state index in [1.807, 2.05) is 0 Å². The van der Waals surface area contributed by atoms with Crippen LogP contribution >= 0.6 is 11.3 Å². The van der Waals surface area contributed by atoms with Crippen LogP contribution in [0.3, 0.4) is 0 Å². The summed E-state index contributed by atoms with van der Waals surface area (Å²) in [5.74, 6) is -5.44. The third-order valence-corrected chi connectivity index (χ3v) is 5.88. The van der Waals surface area contributed by atoms with Gasteiger partial charge in [0.1, 0.15) is 5.01 Å². The average Bonchev–Trinajstić information content (AvgIpc) is 3.32. The molecule has 1 amide bonds. The molecule has 0 radical (unpaired) electrons. The van der Waals surface area contributed by atoms with Gasteiger partial charge in [-0.2, -0.15) is 13.2 Å². The molecule has 30 heavy (non-hydrogen) atoms. The average molecular weight is 444 g/mol. The van der Waals surface area contributed by atoms with Gasteiger partial charge in [-0.1, -0.05) is 0 Å². The van der Waals surface area contributed by atoms with Gasteiger partial charge in [0.05, 0.1) is 24.1 Å². The van der Waals surface area contributed by atoms with Crippen molar-refractivity contribution in [1.29, 1.82) is 0 Å². The van der Waals surface area contributed by atoms with E-state index in [1.54, 1.807) is 0 Å². The number of carbonyl (C=O) groups is 3. The van der Waals surface area contributed by atoms with Crippen molar-refractivity contribution in [2.75, 3.05) is 6.61 Å². The number of aliphatic hydroxyl groups is 1. The topological polar surface area (TPSA) is 128 Å². The molecule has 3 atom stereocenters. The maximum Gasteiger partial charge on any atom is 0.416 e. The van der Waals surface area contributed by atoms with Crippen molar-refractivity contribution < 1.29 is 42.9 Å². The molecule has 1 fully saturated rings. The first-order chi connectivity index (χ1) is 14.0. The Balaban J connectivity index is 2.13. The van der Waals surface area contributed by atoms with Crippen LogP contribution < -0.4 is 0 Å². The molecule has 8 nitrogen and oxygen atoms in total. The van der Waals surface area contributed by atoms with Gasteiger partial charge in [0.25, 0.3) is 5.91 Å². The van der Waals surface area contributed by atoms with E-state index in [-0.39, 0.29) is 10.6 Å². The quantitative estimate of drug-likeness (QED) is 0.645. The Bertz CT molecular complexity index is 963. The first-order valence-corrected chi connectivity index (χ1v) is 9.38. The first kappa shape index (κ1) is 21.7. The van der Waals surface area contributed by atoms with Gasteiger partial charge >= 0.3 is 18.1 Å². The number of carboxylic acid groups (broad SMARTS) is 2. The number of amides is 1. The third kappa shape index (κ3) is 3.52. The van der Waals surface area contributed by atoms with Gasteiger partial charge in [0.15, 0.2) is 5.54 Å². The molecular formula is C18H15F3N2O6S. The van der Waals surface area contributed by atoms with Crippen molar-refractivity contribution in [3.63, 3.8) is 0 Å². The van der Waals surface area contributed by atoms with Crippen LogP contribution in [0.15, 0.2) is 35.8 Å². The number of aliphatic carboxylic acids is 2. The number of thiazole rings is 1. The Labute approximate surface area is 171 Å². The number of aliphatic hydroxyl groups excluding tert-OH is 1. The molecule has 2 aromatic rings. The number of rotatable bonds is 5. The molecule has 3 rings (SSSR count). The van der Waals surface area contributed by atoms with Gasteiger partial charge < -0.3 is 20.2 Å². The largest absolute Gasteiger partial charge is 0.481 e. The molecule has 3 unspecified atom stereocenters. The molecule has 1 aliphatic heterocycles. The standard InChI is InChI=1S/C18H15F3N2O6S/c19-18(20,21)10-3-1-9(2-4-10)14(25)23-12(13-22-5-6-30-13)11(15(26)27)7-17(23,8-24)16(28)29/h1-6,11-12,24H,7-8H2,(H,26,27)(H,28,29). The van der Waals surface area contributed by atoms with E-state index in [0.29, 0.717) is 12.1 Å². The zero-order chi connectivity index (χ0) is 22.3. The second-order valence-electron chi connectivity index (χ2n) is 6.71. The molecule has 1 aromatic carbocycles. The Morgan fingerprint density at radius 1 is 1.20 bits per heavy atom. The van der Waals surface area contributed by atoms with E-state index in [4.69, 9.17) is 0 Å². The molecule has 12 heteroatoms. The van der Waals surface area contributed by atoms with Crippen LogP contribution in [-0.4, -0.2) is 55.2 Å². The second-order valence-corrected chi connectivity index (χ2v) is 7.64. The highest BCUT2D eigenvalue weighted by atomic mass is 32.1. The fraction of sp³-hybridized carbons (Fsp3) is 0.333. The van der Waals surface area contributed by atoms with Crippen molar-refractivity contribution in [2.45, 2.75) is 24.2 Å². The van der Waals surface area contributed by atoms with E-state index in [1.165, 1.54) is 11.6 Å². The fourth-order valence-corrected chi connectivity index (χ4v) is 4.36. The molecule has 0 saturated carbocycles. The van der Waals surface area contributed by atoms with Crippen molar-refractivity contribution in [2.24, 2.45) is 5.92 Å². The van der Waals surface area contributed by atoms with Crippen LogP contribution in [0, 0.1) is 5.92 Å². The van der Waals surface area contributed by atoms with E-state index < -0.39 is 60.1 Å². The van der Waals surface area contributed by atoms with E-state index in [9.17, 15) is 42.9 Å². The molecule has 1 aliphatic rings. The summed E-state index contributed by atoms with van der Waals surface area (Å²) in [4.78, 5) is 41.8. The van der Waals surface area contributed by atoms with Gasteiger partial charge in [-0.3, -0.25) is 9.59 Å². The van der Waals surface area contributed by atoms with Crippen molar-refractivity contribution in [1.82, 2.24) is 9.88 Å². The van der Waals surface area contributed by atoms with Crippen molar-refractivity contribution in [3.05, 3.63) is 52.0 Å². The number of likely N-dealkylation sites (tertiary alicyclic amines) is 1. The molecule has 1 saturated heterocycles. The molecular weight excluding hydrogens is 429 g/mol. The minimum atomic E-state index is -4.64. The highest BCUT2D eigenvalue weighted by Crippen LogP contribution is 2.48. The number of aromatic nitrogens is 1. The number of carbonyl (C=O) groups excluding carboxylic acids is 1. The zero-order valence-electron chi connectivity index (χ0n) is 15.0. The smallest absolute Gasteiger partial charge is 0.416 e. The Morgan fingerprint density at radius 2 is 1.83 bits per heavy atom. The lowest BCUT2D eigenvalue weighted by Crippen LogP contribution is -2.56. The van der Waals surface area contributed by atoms with Crippen LogP contribution in [0.5, 0.6) is 0 Å². The maximum atomic E-state index is 13.2. The molecule has 0 spiro atoms. The first-order valence-electron chi connectivity index (χ1n) is 8.50. The summed E-state index contributed by atoms with van der Waals surface area (Å²) in [6.07, 6.45) is -3.88. The minimum absolute atomic E-state index is 0.138. The molecule has 0 aliphatic carbocycles. The van der Waals surface area contributed by atoms with E-state index in [2.05, 4.69) is 4.98 Å². The Morgan fingerprint density at radius 3 is 2.27 bits per heavy atom. The van der Waals surface area contributed by atoms with Crippen LogP contribution in [0.1, 0.15) is 33.4 Å². The lowest BCUT2D eigenvalue weighted by molar-refractivity contribution is -0.151. The highest BCUT2D eigenvalue weighted by molar-refractivity contribution is 7.09. The number of hydrogen-bond donors (Lipinski definition) is 3. The highest BCUT2D eigenvalue weighted by Gasteiger charge is 2.61. The van der Waals surface area contributed by atoms with Crippen LogP contribution in [-0.2, 0) is 15.8 Å². The summed E-state index contributed by atoms with van der Waals surface area (Å²) in [6, 6.07) is 1.76. The lowest BCUT2D eigenvalue weighted by atomic mass is 9.91. The minimum Gasteiger partial charge on any atom is -0.481 e. The van der Waals surface area contributed by atoms with E-state index in [0.717, 1.165) is 28.4 Å². The number of alkyl halides is 3. The third-order valence-electron chi connectivity index (χ3n) is 5.04. The molecule has 160 valence electrons. The number of halogens is 3. The summed E-state index contributed by atoms with van der Waals surface area (Å²) in [5, 5.41) is 30.9. The van der Waals surface area contributed by atoms with Gasteiger partial charge in [-0.15, -0.1) is 11.3 Å². The van der Waals surface area contributed by atoms with Gasteiger partial charge in [-0.25, -0.2) is 9.78 Å². The summed E-state index contributed by atoms with van der Waals surface area (Å²) in [6.45, 7) is -1.08. The summed E-state index contributed by atoms with van der Waals surface area (Å²) in [5.41, 5.74) is -3.57. The van der Waals surface area contributed by atoms with Gasteiger partial charge in [0, 0.05) is 17.1 Å². The molecule has 1 aromatic heterocycles. The van der Waals surface area contributed by atoms with E-state index >= 15 is 0 Å². The molecule has 3 N–H and O–H groups in total. The number of carboxylic acids is 2. The Hall–Kier alpha value is -2.99. The monoisotopic (exact) mass is 444 g/mol. The molecule has 2 heterocycles. The number of benzene rings is 1. The Kier molecular flexibility index (Phi) is 5.56. The van der Waals surface area contributed by atoms with Crippen LogP contribution in [0.4, 0.5) is 13.2 Å². The summed E-state index contributed by atoms with van der Waals surface area (Å²) >= 11 is 0.995. The van der Waals surface area contributed by atoms with Crippen molar-refractivity contribution in [3.8, 4) is 0 Å². The molecule has 0 bridgehead atoms. The lowest BCUT2D eigenvalue weighted by Gasteiger charge is -2.36. The number of hydrogen-bond acceptors (Lipinski definition) is 6. The SMILES string of the molecule is O=C(O)C1CC(CO)(C(=O)O)N(C(=O)c2ccc(C(F)(F)F)cc2)C1c1nccs1. The van der Waals surface area contributed by atoms with Gasteiger partial charge in [-0.05, 0) is 30.7 Å². The summed E-state index contributed by atoms with van der Waals surface area (Å²) in [7, 11) is 0. The van der Waals surface area contributed by atoms with Gasteiger partial charge in [0.2, 0.25) is 0 Å². The predicted octanol–water partition coefficient (Wildman–Crippen LogP) is 2.27. The fourth-order valence-electron chi connectivity index (χ4n) is 3.57. The second kappa shape index (κ2) is 7.69. The normalized spacial score (nSPS) is 24.1. The number of nitrogens with zero attached hydrogens (tertiary/aromatic N) is 2. The maximum absolute atomic E-state index is 13.2. The predicted molar refractivity (Wildman–Crippen MR) is 95.7 cm³/mol. The van der Waals surface area contributed by atoms with Crippen LogP contribution in [0.2, 0.25) is 0 Å².